The van der Waals surface area contributed by atoms with Crippen molar-refractivity contribution < 1.29 is 9.53 Å². The van der Waals surface area contributed by atoms with Crippen molar-refractivity contribution in [2.45, 2.75) is 33.1 Å². The molecule has 31 heavy (non-hydrogen) atoms. The van der Waals surface area contributed by atoms with E-state index in [4.69, 9.17) is 15.9 Å². The van der Waals surface area contributed by atoms with Gasteiger partial charge in [0.1, 0.15) is 11.6 Å². The first kappa shape index (κ1) is 22.0. The van der Waals surface area contributed by atoms with E-state index in [2.05, 4.69) is 29.1 Å². The Labute approximate surface area is 182 Å². The molecule has 0 saturated heterocycles. The number of carbonyl (C=O) groups excluding carboxylic acids is 1. The highest BCUT2D eigenvalue weighted by atomic mass is 16.5. The van der Waals surface area contributed by atoms with Crippen LogP contribution in [0.4, 0.5) is 17.2 Å². The van der Waals surface area contributed by atoms with Gasteiger partial charge in [-0.2, -0.15) is 0 Å². The zero-order valence-corrected chi connectivity index (χ0v) is 17.8. The summed E-state index contributed by atoms with van der Waals surface area (Å²) in [6.07, 6.45) is 5.13. The second kappa shape index (κ2) is 10.3. The number of hydrogen-bond donors (Lipinski definition) is 3. The zero-order chi connectivity index (χ0) is 22.2. The van der Waals surface area contributed by atoms with E-state index in [9.17, 15) is 4.79 Å². The molecule has 0 bridgehead atoms. The molecule has 1 atom stereocenters. The molecular weight excluding hydrogens is 390 g/mol. The van der Waals surface area contributed by atoms with Gasteiger partial charge in [0.05, 0.1) is 0 Å². The van der Waals surface area contributed by atoms with Crippen molar-refractivity contribution in [1.82, 2.24) is 9.97 Å². The first-order valence-corrected chi connectivity index (χ1v) is 10.3. The second-order valence-electron chi connectivity index (χ2n) is 7.43. The predicted molar refractivity (Wildman–Crippen MR) is 124 cm³/mol. The molecule has 0 saturated carbocycles. The summed E-state index contributed by atoms with van der Waals surface area (Å²) in [4.78, 5) is 21.0. The number of hydrogen-bond acceptors (Lipinski definition) is 7. The summed E-state index contributed by atoms with van der Waals surface area (Å²) < 4.78 is 5.49. The summed E-state index contributed by atoms with van der Waals surface area (Å²) in [5, 5.41) is 10.6. The highest BCUT2D eigenvalue weighted by molar-refractivity contribution is 5.87. The summed E-state index contributed by atoms with van der Waals surface area (Å²) in [5.41, 5.74) is 8.52. The fourth-order valence-corrected chi connectivity index (χ4v) is 2.94. The van der Waals surface area contributed by atoms with E-state index in [1.165, 1.54) is 6.21 Å². The third-order valence-electron chi connectivity index (χ3n) is 5.03. The molecule has 1 unspecified atom stereocenters. The molecule has 0 aliphatic heterocycles. The number of esters is 1. The van der Waals surface area contributed by atoms with Crippen molar-refractivity contribution in [2.75, 3.05) is 11.1 Å². The van der Waals surface area contributed by atoms with Crippen molar-refractivity contribution in [3.8, 4) is 17.1 Å². The van der Waals surface area contributed by atoms with E-state index in [0.717, 1.165) is 24.1 Å². The van der Waals surface area contributed by atoms with Gasteiger partial charge in [-0.05, 0) is 48.7 Å². The van der Waals surface area contributed by atoms with Gasteiger partial charge >= 0.3 is 5.97 Å². The lowest BCUT2D eigenvalue weighted by Gasteiger charge is -2.10. The van der Waals surface area contributed by atoms with Gasteiger partial charge in [0.2, 0.25) is 0 Å². The average Bonchev–Trinajstić information content (AvgIpc) is 2.79. The number of benzene rings is 2. The van der Waals surface area contributed by atoms with Crippen LogP contribution < -0.4 is 15.8 Å². The van der Waals surface area contributed by atoms with Crippen molar-refractivity contribution in [3.05, 3.63) is 60.3 Å². The van der Waals surface area contributed by atoms with E-state index < -0.39 is 0 Å². The third kappa shape index (κ3) is 6.12. The number of carbonyl (C=O) groups is 1. The standard InChI is InChI=1S/C24H27N5O2/c1-3-16(2)7-10-23(30)31-20-6-4-5-17(14-20)24-27-12-11-22(29-24)28-19-8-9-21(26)18(13-19)15-25/h4-6,8-9,11-16,25H,3,7,10,26H2,1-2H3,(H,27,28,29). The van der Waals surface area contributed by atoms with Crippen LogP contribution in [-0.2, 0) is 4.79 Å². The molecule has 2 aromatic carbocycles. The van der Waals surface area contributed by atoms with Crippen LogP contribution in [0.1, 0.15) is 38.7 Å². The van der Waals surface area contributed by atoms with E-state index in [0.29, 0.717) is 41.0 Å². The van der Waals surface area contributed by atoms with E-state index in [-0.39, 0.29) is 5.97 Å². The lowest BCUT2D eigenvalue weighted by atomic mass is 10.0. The lowest BCUT2D eigenvalue weighted by Crippen LogP contribution is -2.09. The maximum Gasteiger partial charge on any atom is 0.311 e. The molecule has 1 aromatic heterocycles. The summed E-state index contributed by atoms with van der Waals surface area (Å²) in [6.45, 7) is 4.24. The van der Waals surface area contributed by atoms with Crippen molar-refractivity contribution in [3.63, 3.8) is 0 Å². The number of aromatic nitrogens is 2. The van der Waals surface area contributed by atoms with Gasteiger partial charge in [0.25, 0.3) is 0 Å². The van der Waals surface area contributed by atoms with Gasteiger partial charge in [-0.3, -0.25) is 4.79 Å². The maximum absolute atomic E-state index is 12.1. The summed E-state index contributed by atoms with van der Waals surface area (Å²) in [6, 6.07) is 14.3. The smallest absolute Gasteiger partial charge is 0.311 e. The molecule has 0 radical (unpaired) electrons. The zero-order valence-electron chi connectivity index (χ0n) is 17.8. The predicted octanol–water partition coefficient (Wildman–Crippen LogP) is 5.20. The van der Waals surface area contributed by atoms with Crippen molar-refractivity contribution in [2.24, 2.45) is 5.92 Å². The fraction of sp³-hybridized carbons (Fsp3) is 0.250. The molecule has 3 aromatic rings. The summed E-state index contributed by atoms with van der Waals surface area (Å²) >= 11 is 0. The molecule has 0 amide bonds. The van der Waals surface area contributed by atoms with Crippen LogP contribution in [0.25, 0.3) is 11.4 Å². The Morgan fingerprint density at radius 1 is 1.26 bits per heavy atom. The van der Waals surface area contributed by atoms with Crippen LogP contribution in [0.5, 0.6) is 5.75 Å². The van der Waals surface area contributed by atoms with Crippen LogP contribution in [-0.4, -0.2) is 22.2 Å². The van der Waals surface area contributed by atoms with Gasteiger partial charge in [-0.25, -0.2) is 9.97 Å². The lowest BCUT2D eigenvalue weighted by molar-refractivity contribution is -0.134. The molecule has 0 aliphatic carbocycles. The number of nitrogens with two attached hydrogens (primary N) is 1. The Morgan fingerprint density at radius 3 is 2.87 bits per heavy atom. The largest absolute Gasteiger partial charge is 0.427 e. The molecule has 7 heteroatoms. The molecule has 0 fully saturated rings. The Kier molecular flexibility index (Phi) is 7.32. The van der Waals surface area contributed by atoms with Crippen molar-refractivity contribution >= 4 is 29.4 Å². The minimum atomic E-state index is -0.237. The summed E-state index contributed by atoms with van der Waals surface area (Å²) in [5.74, 6) is 1.84. The van der Waals surface area contributed by atoms with Gasteiger partial charge in [0.15, 0.2) is 5.82 Å². The van der Waals surface area contributed by atoms with E-state index >= 15 is 0 Å². The molecule has 0 aliphatic rings. The maximum atomic E-state index is 12.1. The molecule has 4 N–H and O–H groups in total. The van der Waals surface area contributed by atoms with Gasteiger partial charge in [-0.1, -0.05) is 32.4 Å². The minimum Gasteiger partial charge on any atom is -0.427 e. The first-order valence-electron chi connectivity index (χ1n) is 10.3. The average molecular weight is 418 g/mol. The second-order valence-corrected chi connectivity index (χ2v) is 7.43. The molecule has 7 nitrogen and oxygen atoms in total. The molecule has 1 heterocycles. The monoisotopic (exact) mass is 417 g/mol. The van der Waals surface area contributed by atoms with Crippen LogP contribution >= 0.6 is 0 Å². The summed E-state index contributed by atoms with van der Waals surface area (Å²) in [7, 11) is 0. The highest BCUT2D eigenvalue weighted by Crippen LogP contribution is 2.24. The quantitative estimate of drug-likeness (QED) is 0.191. The number of anilines is 3. The third-order valence-corrected chi connectivity index (χ3v) is 5.03. The van der Waals surface area contributed by atoms with Crippen LogP contribution in [0.15, 0.2) is 54.7 Å². The van der Waals surface area contributed by atoms with Crippen LogP contribution in [0, 0.1) is 11.3 Å². The molecular formula is C24H27N5O2. The van der Waals surface area contributed by atoms with Gasteiger partial charge in [-0.15, -0.1) is 0 Å². The van der Waals surface area contributed by atoms with Gasteiger partial charge in [0, 0.05) is 41.3 Å². The Bertz CT molecular complexity index is 1070. The van der Waals surface area contributed by atoms with E-state index in [1.807, 2.05) is 18.2 Å². The first-order chi connectivity index (χ1) is 15.0. The molecule has 160 valence electrons. The minimum absolute atomic E-state index is 0.237. The van der Waals surface area contributed by atoms with Crippen LogP contribution in [0.2, 0.25) is 0 Å². The Morgan fingerprint density at radius 2 is 2.10 bits per heavy atom. The number of nitrogens with one attached hydrogen (secondary N) is 2. The Hall–Kier alpha value is -3.74. The van der Waals surface area contributed by atoms with Crippen molar-refractivity contribution in [1.29, 1.82) is 5.41 Å². The fourth-order valence-electron chi connectivity index (χ4n) is 2.94. The highest BCUT2D eigenvalue weighted by Gasteiger charge is 2.10. The number of ether oxygens (including phenoxy) is 1. The SMILES string of the molecule is CCC(C)CCC(=O)Oc1cccc(-c2nccc(Nc3ccc(N)c(C=N)c3)n2)c1. The topological polar surface area (TPSA) is 114 Å². The molecule has 0 spiro atoms. The number of nitrogens with zero attached hydrogens (tertiary/aromatic N) is 2. The number of nitrogen functional groups attached to an aromatic ring is 1. The Balaban J connectivity index is 1.73. The number of rotatable bonds is 9. The van der Waals surface area contributed by atoms with E-state index in [1.54, 1.807) is 36.5 Å². The normalized spacial score (nSPS) is 11.5. The van der Waals surface area contributed by atoms with Gasteiger partial charge < -0.3 is 21.2 Å². The molecule has 3 rings (SSSR count). The van der Waals surface area contributed by atoms with Crippen LogP contribution in [0.3, 0.4) is 0 Å².